The summed E-state index contributed by atoms with van der Waals surface area (Å²) in [6.07, 6.45) is 3.41. The molecule has 0 aliphatic carbocycles. The summed E-state index contributed by atoms with van der Waals surface area (Å²) in [5.41, 5.74) is 2.69. The first-order valence-electron chi connectivity index (χ1n) is 12.1. The van der Waals surface area contributed by atoms with Gasteiger partial charge < -0.3 is 19.7 Å². The normalized spacial score (nSPS) is 13.8. The number of hydrogen-bond acceptors (Lipinski definition) is 8. The number of hydrogen-bond donors (Lipinski definition) is 2. The first-order chi connectivity index (χ1) is 17.9. The second kappa shape index (κ2) is 10.5. The largest absolute Gasteiger partial charge is 0.497 e. The highest BCUT2D eigenvalue weighted by Crippen LogP contribution is 2.32. The lowest BCUT2D eigenvalue weighted by Crippen LogP contribution is -2.29. The van der Waals surface area contributed by atoms with Crippen molar-refractivity contribution in [2.45, 2.75) is 24.2 Å². The third kappa shape index (κ3) is 5.54. The highest BCUT2D eigenvalue weighted by atomic mass is 32.2. The molecule has 0 spiro atoms. The Balaban J connectivity index is 1.51. The first kappa shape index (κ1) is 24.6. The molecule has 3 aromatic carbocycles. The van der Waals surface area contributed by atoms with E-state index in [1.165, 1.54) is 6.42 Å². The number of piperidine rings is 1. The second-order valence-corrected chi connectivity index (χ2v) is 10.5. The average Bonchev–Trinajstić information content (AvgIpc) is 2.93. The van der Waals surface area contributed by atoms with E-state index in [0.717, 1.165) is 31.6 Å². The van der Waals surface area contributed by atoms with Gasteiger partial charge in [0.15, 0.2) is 11.6 Å². The number of ether oxygens (including phenoxy) is 2. The fraction of sp³-hybridized carbons (Fsp3) is 0.259. The summed E-state index contributed by atoms with van der Waals surface area (Å²) in [5, 5.41) is 3.18. The van der Waals surface area contributed by atoms with E-state index in [2.05, 4.69) is 24.9 Å². The summed E-state index contributed by atoms with van der Waals surface area (Å²) in [6.45, 7) is 1.84. The van der Waals surface area contributed by atoms with Crippen LogP contribution in [0.1, 0.15) is 19.3 Å². The molecule has 1 fully saturated rings. The molecule has 0 bridgehead atoms. The maximum absolute atomic E-state index is 13.5. The van der Waals surface area contributed by atoms with Crippen molar-refractivity contribution in [1.82, 2.24) is 9.97 Å². The number of benzene rings is 3. The third-order valence-corrected chi connectivity index (χ3v) is 7.60. The van der Waals surface area contributed by atoms with E-state index in [1.54, 1.807) is 56.7 Å². The summed E-state index contributed by atoms with van der Waals surface area (Å²) in [5.74, 6) is 1.49. The summed E-state index contributed by atoms with van der Waals surface area (Å²) in [6, 6.07) is 19.6. The number of sulfonamides is 1. The second-order valence-electron chi connectivity index (χ2n) is 8.79. The Bertz CT molecular complexity index is 1500. The zero-order valence-corrected chi connectivity index (χ0v) is 21.6. The lowest BCUT2D eigenvalue weighted by atomic mass is 10.1. The van der Waals surface area contributed by atoms with E-state index < -0.39 is 10.0 Å². The maximum atomic E-state index is 13.5. The summed E-state index contributed by atoms with van der Waals surface area (Å²) in [7, 11) is -0.829. The molecule has 2 heterocycles. The van der Waals surface area contributed by atoms with Crippen molar-refractivity contribution in [3.63, 3.8) is 0 Å². The Morgan fingerprint density at radius 1 is 0.784 bits per heavy atom. The van der Waals surface area contributed by atoms with E-state index in [-0.39, 0.29) is 16.5 Å². The van der Waals surface area contributed by atoms with Crippen LogP contribution < -0.4 is 24.4 Å². The van der Waals surface area contributed by atoms with Gasteiger partial charge in [-0.3, -0.25) is 4.72 Å². The van der Waals surface area contributed by atoms with Crippen molar-refractivity contribution in [2.24, 2.45) is 0 Å². The number of aromatic nitrogens is 2. The van der Waals surface area contributed by atoms with Gasteiger partial charge >= 0.3 is 0 Å². The molecule has 0 unspecified atom stereocenters. The molecule has 37 heavy (non-hydrogen) atoms. The van der Waals surface area contributed by atoms with Gasteiger partial charge in [0.05, 0.1) is 30.1 Å². The van der Waals surface area contributed by atoms with Crippen molar-refractivity contribution >= 4 is 44.1 Å². The van der Waals surface area contributed by atoms with E-state index in [4.69, 9.17) is 9.47 Å². The van der Waals surface area contributed by atoms with Crippen molar-refractivity contribution in [3.8, 4) is 11.5 Å². The fourth-order valence-corrected chi connectivity index (χ4v) is 5.41. The third-order valence-electron chi connectivity index (χ3n) is 6.26. The fourth-order valence-electron chi connectivity index (χ4n) is 4.36. The Labute approximate surface area is 216 Å². The molecular formula is C27H29N5O4S. The molecule has 1 aliphatic heterocycles. The predicted octanol–water partition coefficient (Wildman–Crippen LogP) is 5.18. The lowest BCUT2D eigenvalue weighted by molar-refractivity contribution is 0.395. The summed E-state index contributed by atoms with van der Waals surface area (Å²) < 4.78 is 40.4. The van der Waals surface area contributed by atoms with Crippen LogP contribution in [0.15, 0.2) is 71.6 Å². The monoisotopic (exact) mass is 519 g/mol. The molecule has 1 aromatic heterocycles. The first-order valence-corrected chi connectivity index (χ1v) is 13.6. The molecule has 192 valence electrons. The highest BCUT2D eigenvalue weighted by Gasteiger charge is 2.21. The zero-order valence-electron chi connectivity index (χ0n) is 20.8. The van der Waals surface area contributed by atoms with Gasteiger partial charge in [0.25, 0.3) is 10.0 Å². The van der Waals surface area contributed by atoms with Crippen LogP contribution in [0.5, 0.6) is 11.5 Å². The van der Waals surface area contributed by atoms with Crippen LogP contribution in [0.25, 0.3) is 11.0 Å². The summed E-state index contributed by atoms with van der Waals surface area (Å²) >= 11 is 0. The van der Waals surface area contributed by atoms with E-state index in [0.29, 0.717) is 28.2 Å². The molecule has 0 atom stereocenters. The molecule has 0 saturated carbocycles. The van der Waals surface area contributed by atoms with Crippen LogP contribution in [0.3, 0.4) is 0 Å². The number of fused-ring (bicyclic) bond motifs is 1. The lowest BCUT2D eigenvalue weighted by Gasteiger charge is -2.29. The van der Waals surface area contributed by atoms with Gasteiger partial charge in [-0.1, -0.05) is 18.2 Å². The molecule has 0 amide bonds. The zero-order chi connectivity index (χ0) is 25.8. The minimum atomic E-state index is -3.95. The van der Waals surface area contributed by atoms with E-state index in [9.17, 15) is 8.42 Å². The Morgan fingerprint density at radius 2 is 1.43 bits per heavy atom. The van der Waals surface area contributed by atoms with Crippen LogP contribution in [0, 0.1) is 0 Å². The Hall–Kier alpha value is -4.05. The smallest absolute Gasteiger partial charge is 0.263 e. The van der Waals surface area contributed by atoms with Gasteiger partial charge in [0.2, 0.25) is 0 Å². The van der Waals surface area contributed by atoms with E-state index >= 15 is 0 Å². The number of para-hydroxylation sites is 2. The van der Waals surface area contributed by atoms with E-state index in [1.807, 2.05) is 24.3 Å². The van der Waals surface area contributed by atoms with Gasteiger partial charge in [-0.15, -0.1) is 0 Å². The molecule has 1 aliphatic rings. The van der Waals surface area contributed by atoms with Gasteiger partial charge in [-0.05, 0) is 49.6 Å². The number of nitrogens with zero attached hydrogens (tertiary/aromatic N) is 3. The van der Waals surface area contributed by atoms with Gasteiger partial charge in [0.1, 0.15) is 11.5 Å². The predicted molar refractivity (Wildman–Crippen MR) is 146 cm³/mol. The molecule has 9 nitrogen and oxygen atoms in total. The topological polar surface area (TPSA) is 106 Å². The van der Waals surface area contributed by atoms with Crippen LogP contribution in [0.4, 0.5) is 23.0 Å². The van der Waals surface area contributed by atoms with Crippen LogP contribution >= 0.6 is 0 Å². The van der Waals surface area contributed by atoms with Gasteiger partial charge in [-0.25, -0.2) is 18.4 Å². The van der Waals surface area contributed by atoms with Crippen LogP contribution in [0.2, 0.25) is 0 Å². The maximum Gasteiger partial charge on any atom is 0.263 e. The Kier molecular flexibility index (Phi) is 7.00. The molecule has 4 aromatic rings. The number of nitrogens with one attached hydrogen (secondary N) is 2. The molecule has 0 radical (unpaired) electrons. The minimum Gasteiger partial charge on any atom is -0.497 e. The standard InChI is InChI=1S/C27H29N5O4S/c1-35-21-15-19(16-22(18-21)36-2)28-26-27(30-25-12-5-4-11-24(25)29-26)31-37(33,34)23-10-8-9-20(17-23)32-13-6-3-7-14-32/h4-5,8-12,15-18H,3,6-7,13-14H2,1-2H3,(H,28,29)(H,30,31). The number of anilines is 4. The molecular weight excluding hydrogens is 490 g/mol. The number of methoxy groups -OCH3 is 2. The van der Waals surface area contributed by atoms with Gasteiger partial charge in [0, 0.05) is 42.7 Å². The van der Waals surface area contributed by atoms with Crippen LogP contribution in [-0.2, 0) is 10.0 Å². The summed E-state index contributed by atoms with van der Waals surface area (Å²) in [4.78, 5) is 11.6. The highest BCUT2D eigenvalue weighted by molar-refractivity contribution is 7.92. The Morgan fingerprint density at radius 3 is 2.08 bits per heavy atom. The number of rotatable bonds is 8. The average molecular weight is 520 g/mol. The molecule has 2 N–H and O–H groups in total. The van der Waals surface area contributed by atoms with Crippen molar-refractivity contribution < 1.29 is 17.9 Å². The van der Waals surface area contributed by atoms with Gasteiger partial charge in [-0.2, -0.15) is 0 Å². The molecule has 5 rings (SSSR count). The van der Waals surface area contributed by atoms with Crippen molar-refractivity contribution in [1.29, 1.82) is 0 Å². The minimum absolute atomic E-state index is 0.0869. The molecule has 1 saturated heterocycles. The van der Waals surface area contributed by atoms with Crippen molar-refractivity contribution in [3.05, 3.63) is 66.7 Å². The quantitative estimate of drug-likeness (QED) is 0.328. The van der Waals surface area contributed by atoms with Crippen molar-refractivity contribution in [2.75, 3.05) is 42.2 Å². The molecule has 10 heteroatoms. The van der Waals surface area contributed by atoms with Crippen LogP contribution in [-0.4, -0.2) is 45.7 Å². The SMILES string of the molecule is COc1cc(Nc2nc3ccccc3nc2NS(=O)(=O)c2cccc(N3CCCCC3)c2)cc(OC)c1.